The molecule has 0 aliphatic carbocycles. The first kappa shape index (κ1) is 24.6. The minimum Gasteiger partial charge on any atom is -0.450 e. The predicted molar refractivity (Wildman–Crippen MR) is 139 cm³/mol. The Morgan fingerprint density at radius 3 is 2.51 bits per heavy atom. The first-order valence-electron chi connectivity index (χ1n) is 10.9. The number of hydrogen-bond acceptors (Lipinski definition) is 7. The van der Waals surface area contributed by atoms with Gasteiger partial charge in [-0.05, 0) is 48.2 Å². The van der Waals surface area contributed by atoms with Gasteiger partial charge in [-0.2, -0.15) is 0 Å². The summed E-state index contributed by atoms with van der Waals surface area (Å²) in [6, 6.07) is 15.6. The molecule has 1 saturated heterocycles. The number of likely N-dealkylation sites (N-methyl/N-ethyl adjacent to an activating group) is 1. The van der Waals surface area contributed by atoms with Crippen LogP contribution in [-0.4, -0.2) is 59.4 Å². The first-order valence-corrected chi connectivity index (χ1v) is 12.1. The minimum atomic E-state index is -0.407. The lowest BCUT2D eigenvalue weighted by molar-refractivity contribution is -0.115. The molecule has 2 amide bonds. The number of benzene rings is 1. The molecule has 0 bridgehead atoms. The lowest BCUT2D eigenvalue weighted by Crippen LogP contribution is -2.38. The fourth-order valence-electron chi connectivity index (χ4n) is 3.31. The average Bonchev–Trinajstić information content (AvgIpc) is 3.35. The third-order valence-electron chi connectivity index (χ3n) is 5.22. The number of hydrogen-bond donors (Lipinski definition) is 1. The van der Waals surface area contributed by atoms with Crippen LogP contribution in [0.25, 0.3) is 6.08 Å². The molecule has 0 saturated carbocycles. The van der Waals surface area contributed by atoms with Gasteiger partial charge in [-0.3, -0.25) is 14.6 Å². The van der Waals surface area contributed by atoms with Gasteiger partial charge in [0.25, 0.3) is 11.8 Å². The van der Waals surface area contributed by atoms with E-state index >= 15 is 0 Å². The van der Waals surface area contributed by atoms with Gasteiger partial charge in [0.2, 0.25) is 0 Å². The first-order chi connectivity index (χ1) is 17.0. The monoisotopic (exact) mass is 508 g/mol. The quantitative estimate of drug-likeness (QED) is 0.306. The van der Waals surface area contributed by atoms with Crippen molar-refractivity contribution < 1.29 is 18.7 Å². The summed E-state index contributed by atoms with van der Waals surface area (Å²) in [6.07, 6.45) is 4.71. The van der Waals surface area contributed by atoms with Crippen LogP contribution in [0.1, 0.15) is 16.1 Å². The Kier molecular flexibility index (Phi) is 8.30. The molecule has 3 aromatic rings. The zero-order valence-corrected chi connectivity index (χ0v) is 20.7. The Hall–Kier alpha value is -3.47. The van der Waals surface area contributed by atoms with Gasteiger partial charge in [0, 0.05) is 49.9 Å². The van der Waals surface area contributed by atoms with Crippen LogP contribution >= 0.6 is 24.0 Å². The van der Waals surface area contributed by atoms with E-state index in [9.17, 15) is 9.59 Å². The zero-order valence-electron chi connectivity index (χ0n) is 19.0. The SMILES string of the molecule is CN(C(=O)/C(=C\c1ccc(SC(=S)N2CCOCC2)o1)NC(=O)c1ccccc1)c1ccncc1. The highest BCUT2D eigenvalue weighted by Crippen LogP contribution is 2.26. The molecule has 35 heavy (non-hydrogen) atoms. The Labute approximate surface area is 213 Å². The highest BCUT2D eigenvalue weighted by atomic mass is 32.2. The van der Waals surface area contributed by atoms with Crippen LogP contribution in [0.5, 0.6) is 0 Å². The van der Waals surface area contributed by atoms with Crippen LogP contribution in [-0.2, 0) is 9.53 Å². The van der Waals surface area contributed by atoms with Crippen molar-refractivity contribution in [1.82, 2.24) is 15.2 Å². The number of anilines is 1. The van der Waals surface area contributed by atoms with E-state index in [1.165, 1.54) is 22.7 Å². The average molecular weight is 509 g/mol. The Bertz CT molecular complexity index is 1210. The van der Waals surface area contributed by atoms with E-state index in [0.717, 1.165) is 13.1 Å². The molecule has 0 unspecified atom stereocenters. The predicted octanol–water partition coefficient (Wildman–Crippen LogP) is 3.82. The van der Waals surface area contributed by atoms with Gasteiger partial charge in [0.15, 0.2) is 5.09 Å². The molecular weight excluding hydrogens is 484 g/mol. The molecule has 1 fully saturated rings. The molecule has 8 nitrogen and oxygen atoms in total. The number of carbonyl (C=O) groups excluding carboxylic acids is 2. The zero-order chi connectivity index (χ0) is 24.6. The number of nitrogens with one attached hydrogen (secondary N) is 1. The summed E-state index contributed by atoms with van der Waals surface area (Å²) in [5.74, 6) is -0.394. The molecule has 4 rings (SSSR count). The Morgan fingerprint density at radius 1 is 1.09 bits per heavy atom. The smallest absolute Gasteiger partial charge is 0.274 e. The fourth-order valence-corrected chi connectivity index (χ4v) is 4.49. The van der Waals surface area contributed by atoms with Crippen molar-refractivity contribution in [3.63, 3.8) is 0 Å². The van der Waals surface area contributed by atoms with E-state index in [1.54, 1.807) is 68.0 Å². The van der Waals surface area contributed by atoms with Gasteiger partial charge in [-0.25, -0.2) is 0 Å². The number of pyridine rings is 1. The molecule has 1 aliphatic rings. The van der Waals surface area contributed by atoms with Crippen LogP contribution in [0.3, 0.4) is 0 Å². The maximum Gasteiger partial charge on any atom is 0.274 e. The second-order valence-corrected chi connectivity index (χ2v) is 9.21. The molecular formula is C25H24N4O4S2. The lowest BCUT2D eigenvalue weighted by Gasteiger charge is -2.28. The van der Waals surface area contributed by atoms with E-state index in [2.05, 4.69) is 15.2 Å². The minimum absolute atomic E-state index is 0.0693. The number of furan rings is 1. The summed E-state index contributed by atoms with van der Waals surface area (Å²) in [5.41, 5.74) is 1.14. The van der Waals surface area contributed by atoms with E-state index < -0.39 is 11.8 Å². The van der Waals surface area contributed by atoms with Gasteiger partial charge in [-0.1, -0.05) is 30.4 Å². The Morgan fingerprint density at radius 2 is 1.80 bits per heavy atom. The molecule has 1 aliphatic heterocycles. The summed E-state index contributed by atoms with van der Waals surface area (Å²) >= 11 is 6.87. The number of ether oxygens (including phenoxy) is 1. The van der Waals surface area contributed by atoms with E-state index in [1.807, 2.05) is 6.07 Å². The van der Waals surface area contributed by atoms with Crippen LogP contribution < -0.4 is 10.2 Å². The van der Waals surface area contributed by atoms with Gasteiger partial charge < -0.3 is 24.3 Å². The third-order valence-corrected chi connectivity index (χ3v) is 6.58. The number of nitrogens with zero attached hydrogens (tertiary/aromatic N) is 3. The van der Waals surface area contributed by atoms with Crippen molar-refractivity contribution in [2.45, 2.75) is 5.09 Å². The summed E-state index contributed by atoms with van der Waals surface area (Å²) < 4.78 is 12.0. The number of aromatic nitrogens is 1. The maximum atomic E-state index is 13.3. The van der Waals surface area contributed by atoms with Gasteiger partial charge in [-0.15, -0.1) is 0 Å². The van der Waals surface area contributed by atoms with Crippen molar-refractivity contribution in [2.24, 2.45) is 0 Å². The number of morpholine rings is 1. The molecule has 0 radical (unpaired) electrons. The van der Waals surface area contributed by atoms with Crippen molar-refractivity contribution in [3.05, 3.63) is 84.0 Å². The van der Waals surface area contributed by atoms with Crippen LogP contribution in [0.2, 0.25) is 0 Å². The molecule has 2 aromatic heterocycles. The third kappa shape index (κ3) is 6.56. The van der Waals surface area contributed by atoms with Gasteiger partial charge >= 0.3 is 0 Å². The van der Waals surface area contributed by atoms with Crippen molar-refractivity contribution in [3.8, 4) is 0 Å². The molecule has 180 valence electrons. The number of amides is 2. The van der Waals surface area contributed by atoms with E-state index in [-0.39, 0.29) is 5.70 Å². The van der Waals surface area contributed by atoms with E-state index in [4.69, 9.17) is 21.4 Å². The van der Waals surface area contributed by atoms with Gasteiger partial charge in [0.05, 0.1) is 13.2 Å². The maximum absolute atomic E-state index is 13.3. The van der Waals surface area contributed by atoms with Gasteiger partial charge in [0.1, 0.15) is 15.8 Å². The second kappa shape index (κ2) is 11.8. The van der Waals surface area contributed by atoms with Crippen molar-refractivity contribution in [2.75, 3.05) is 38.3 Å². The second-order valence-electron chi connectivity index (χ2n) is 7.57. The van der Waals surface area contributed by atoms with Crippen LogP contribution in [0.15, 0.2) is 82.2 Å². The molecule has 1 aromatic carbocycles. The molecule has 1 N–H and O–H groups in total. The highest BCUT2D eigenvalue weighted by Gasteiger charge is 2.21. The van der Waals surface area contributed by atoms with Crippen LogP contribution in [0, 0.1) is 0 Å². The molecule has 3 heterocycles. The summed E-state index contributed by atoms with van der Waals surface area (Å²) in [7, 11) is 1.63. The number of carbonyl (C=O) groups is 2. The largest absolute Gasteiger partial charge is 0.450 e. The van der Waals surface area contributed by atoms with Crippen molar-refractivity contribution in [1.29, 1.82) is 0 Å². The number of rotatable bonds is 6. The molecule has 0 atom stereocenters. The fraction of sp³-hybridized carbons (Fsp3) is 0.200. The Balaban J connectivity index is 1.55. The van der Waals surface area contributed by atoms with E-state index in [0.29, 0.717) is 39.6 Å². The normalized spacial score (nSPS) is 13.9. The standard InChI is InChI=1S/C25H24N4O4S2/c1-28(19-9-11-26-12-10-19)24(31)21(27-23(30)18-5-3-2-4-6-18)17-20-7-8-22(33-20)35-25(34)29-13-15-32-16-14-29/h2-12,17H,13-16H2,1H3,(H,27,30)/b21-17+. The summed E-state index contributed by atoms with van der Waals surface area (Å²) in [4.78, 5) is 33.7. The summed E-state index contributed by atoms with van der Waals surface area (Å²) in [5, 5.41) is 3.33. The topological polar surface area (TPSA) is 87.9 Å². The molecule has 10 heteroatoms. The molecule has 0 spiro atoms. The van der Waals surface area contributed by atoms with Crippen LogP contribution in [0.4, 0.5) is 5.69 Å². The number of thioether (sulfide) groups is 1. The number of thiocarbonyl (C=S) groups is 1. The van der Waals surface area contributed by atoms with Crippen molar-refractivity contribution >= 4 is 51.9 Å². The highest BCUT2D eigenvalue weighted by molar-refractivity contribution is 8.22. The summed E-state index contributed by atoms with van der Waals surface area (Å²) in [6.45, 7) is 2.77. The lowest BCUT2D eigenvalue weighted by atomic mass is 10.2.